The van der Waals surface area contributed by atoms with Crippen LogP contribution < -0.4 is 20.1 Å². The highest BCUT2D eigenvalue weighted by Gasteiger charge is 2.69. The van der Waals surface area contributed by atoms with Crippen molar-refractivity contribution in [3.63, 3.8) is 0 Å². The summed E-state index contributed by atoms with van der Waals surface area (Å²) in [6.07, 6.45) is 0.320. The molecule has 7 nitrogen and oxygen atoms in total. The molecule has 0 unspecified atom stereocenters. The predicted octanol–water partition coefficient (Wildman–Crippen LogP) is 3.00. The fraction of sp³-hybridized carbons (Fsp3) is 0.364. The molecule has 0 radical (unpaired) electrons. The standard InChI is InChI=1S/C22H20Cl2F2N2O5/c23-14-3-1-12(5-16(14)25)32-8-19(30)27-21-9-22(10-21,11-21)28-20(31)18(7-29)33-13-2-4-15(24)17(26)6-13/h1-6,18,29H,7-11H2,(H,27,30)(H,28,31)/t18-,21?,22?/m1/s1. The van der Waals surface area contributed by atoms with Crippen LogP contribution in [0, 0.1) is 11.6 Å². The highest BCUT2D eigenvalue weighted by Crippen LogP contribution is 2.60. The van der Waals surface area contributed by atoms with Gasteiger partial charge in [-0.2, -0.15) is 0 Å². The lowest BCUT2D eigenvalue weighted by molar-refractivity contribution is -0.154. The summed E-state index contributed by atoms with van der Waals surface area (Å²) in [5, 5.41) is 15.1. The number of nitrogens with one attached hydrogen (secondary N) is 2. The zero-order valence-corrected chi connectivity index (χ0v) is 18.7. The third kappa shape index (κ3) is 5.00. The number of carbonyl (C=O) groups is 2. The maximum absolute atomic E-state index is 13.6. The van der Waals surface area contributed by atoms with Crippen molar-refractivity contribution in [2.75, 3.05) is 13.2 Å². The molecular formula is C22H20Cl2F2N2O5. The van der Waals surface area contributed by atoms with Crippen LogP contribution in [-0.4, -0.2) is 47.3 Å². The Balaban J connectivity index is 1.23. The van der Waals surface area contributed by atoms with Crippen LogP contribution in [0.25, 0.3) is 0 Å². The molecule has 0 heterocycles. The van der Waals surface area contributed by atoms with E-state index < -0.39 is 41.3 Å². The van der Waals surface area contributed by atoms with Gasteiger partial charge in [0.15, 0.2) is 12.7 Å². The summed E-state index contributed by atoms with van der Waals surface area (Å²) in [7, 11) is 0. The molecule has 2 aromatic rings. The quantitative estimate of drug-likeness (QED) is 0.491. The average molecular weight is 501 g/mol. The van der Waals surface area contributed by atoms with Gasteiger partial charge in [0.2, 0.25) is 0 Å². The fourth-order valence-electron chi connectivity index (χ4n) is 4.33. The first-order chi connectivity index (χ1) is 15.6. The van der Waals surface area contributed by atoms with Crippen molar-refractivity contribution in [2.24, 2.45) is 0 Å². The molecule has 0 aromatic heterocycles. The second-order valence-electron chi connectivity index (χ2n) is 8.36. The van der Waals surface area contributed by atoms with E-state index in [-0.39, 0.29) is 34.1 Å². The van der Waals surface area contributed by atoms with Gasteiger partial charge in [0.1, 0.15) is 23.1 Å². The third-order valence-corrected chi connectivity index (χ3v) is 6.32. The lowest BCUT2D eigenvalue weighted by atomic mass is 9.44. The van der Waals surface area contributed by atoms with Crippen molar-refractivity contribution in [3.05, 3.63) is 58.1 Å². The lowest BCUT2D eigenvalue weighted by Gasteiger charge is -2.70. The average Bonchev–Trinajstić information content (AvgIpc) is 2.72. The molecule has 2 amide bonds. The normalized spacial score (nSPS) is 23.5. The Morgan fingerprint density at radius 3 is 2.09 bits per heavy atom. The third-order valence-electron chi connectivity index (χ3n) is 5.71. The molecule has 2 aromatic carbocycles. The van der Waals surface area contributed by atoms with Crippen molar-refractivity contribution in [2.45, 2.75) is 36.4 Å². The van der Waals surface area contributed by atoms with Crippen LogP contribution in [0.5, 0.6) is 11.5 Å². The molecular weight excluding hydrogens is 481 g/mol. The second-order valence-corrected chi connectivity index (χ2v) is 9.17. The minimum atomic E-state index is -1.22. The smallest absolute Gasteiger partial charge is 0.263 e. The highest BCUT2D eigenvalue weighted by atomic mass is 35.5. The largest absolute Gasteiger partial charge is 0.484 e. The van der Waals surface area contributed by atoms with Gasteiger partial charge in [-0.05, 0) is 43.5 Å². The maximum Gasteiger partial charge on any atom is 0.263 e. The summed E-state index contributed by atoms with van der Waals surface area (Å²) in [5.41, 5.74) is -0.930. The minimum Gasteiger partial charge on any atom is -0.484 e. The van der Waals surface area contributed by atoms with Crippen molar-refractivity contribution < 1.29 is 33.0 Å². The molecule has 33 heavy (non-hydrogen) atoms. The molecule has 0 aliphatic heterocycles. The van der Waals surface area contributed by atoms with E-state index in [0.29, 0.717) is 19.3 Å². The molecule has 1 atom stereocenters. The lowest BCUT2D eigenvalue weighted by Crippen LogP contribution is -2.84. The van der Waals surface area contributed by atoms with E-state index in [1.54, 1.807) is 0 Å². The topological polar surface area (TPSA) is 96.9 Å². The zero-order valence-electron chi connectivity index (χ0n) is 17.2. The number of hydrogen-bond donors (Lipinski definition) is 3. The maximum atomic E-state index is 13.6. The predicted molar refractivity (Wildman–Crippen MR) is 115 cm³/mol. The number of aliphatic hydroxyl groups excluding tert-OH is 1. The van der Waals surface area contributed by atoms with E-state index in [2.05, 4.69) is 10.6 Å². The first kappa shape index (κ1) is 23.5. The summed E-state index contributed by atoms with van der Waals surface area (Å²) < 4.78 is 37.7. The number of aliphatic hydroxyl groups is 1. The second kappa shape index (κ2) is 8.96. The van der Waals surface area contributed by atoms with Crippen molar-refractivity contribution in [1.82, 2.24) is 10.6 Å². The Bertz CT molecular complexity index is 1080. The molecule has 3 saturated carbocycles. The van der Waals surface area contributed by atoms with Crippen LogP contribution in [0.4, 0.5) is 8.78 Å². The summed E-state index contributed by atoms with van der Waals surface area (Å²) in [6.45, 7) is -0.892. The number of amides is 2. The minimum absolute atomic E-state index is 0.0396. The molecule has 5 rings (SSSR count). The first-order valence-electron chi connectivity index (χ1n) is 10.1. The highest BCUT2D eigenvalue weighted by molar-refractivity contribution is 6.31. The van der Waals surface area contributed by atoms with Gasteiger partial charge in [-0.15, -0.1) is 0 Å². The molecule has 3 fully saturated rings. The Hall–Kier alpha value is -2.62. The fourth-order valence-corrected chi connectivity index (χ4v) is 4.57. The van der Waals surface area contributed by atoms with Crippen LogP contribution >= 0.6 is 23.2 Å². The van der Waals surface area contributed by atoms with Gasteiger partial charge in [-0.1, -0.05) is 23.2 Å². The first-order valence-corrected chi connectivity index (χ1v) is 10.8. The van der Waals surface area contributed by atoms with Crippen molar-refractivity contribution in [3.8, 4) is 11.5 Å². The molecule has 0 saturated heterocycles. The van der Waals surface area contributed by atoms with E-state index in [0.717, 1.165) is 12.1 Å². The summed E-state index contributed by atoms with van der Waals surface area (Å²) in [4.78, 5) is 24.7. The number of hydrogen-bond acceptors (Lipinski definition) is 5. The molecule has 0 spiro atoms. The van der Waals surface area contributed by atoms with Crippen molar-refractivity contribution >= 4 is 35.0 Å². The number of halogens is 4. The molecule has 3 N–H and O–H groups in total. The Morgan fingerprint density at radius 2 is 1.52 bits per heavy atom. The van der Waals surface area contributed by atoms with Gasteiger partial charge >= 0.3 is 0 Å². The monoisotopic (exact) mass is 500 g/mol. The number of rotatable bonds is 9. The number of carbonyl (C=O) groups excluding carboxylic acids is 2. The van der Waals surface area contributed by atoms with E-state index in [4.69, 9.17) is 32.7 Å². The van der Waals surface area contributed by atoms with Gasteiger partial charge in [0, 0.05) is 23.2 Å². The van der Waals surface area contributed by atoms with Crippen LogP contribution in [0.2, 0.25) is 10.0 Å². The zero-order chi connectivity index (χ0) is 23.8. The molecule has 176 valence electrons. The summed E-state index contributed by atoms with van der Waals surface area (Å²) in [6, 6.07) is 7.61. The van der Waals surface area contributed by atoms with Gasteiger partial charge < -0.3 is 25.2 Å². The van der Waals surface area contributed by atoms with E-state index in [1.165, 1.54) is 24.3 Å². The van der Waals surface area contributed by atoms with Gasteiger partial charge in [-0.25, -0.2) is 8.78 Å². The SMILES string of the molecule is O=C(COc1ccc(Cl)c(F)c1)NC12CC(NC(=O)[C@@H](CO)Oc3ccc(Cl)c(F)c3)(C1)C2. The number of benzene rings is 2. The van der Waals surface area contributed by atoms with Crippen LogP contribution in [0.15, 0.2) is 36.4 Å². The van der Waals surface area contributed by atoms with Gasteiger partial charge in [0.25, 0.3) is 11.8 Å². The van der Waals surface area contributed by atoms with E-state index >= 15 is 0 Å². The number of ether oxygens (including phenoxy) is 2. The Kier molecular flexibility index (Phi) is 6.39. The van der Waals surface area contributed by atoms with Gasteiger partial charge in [0.05, 0.1) is 16.7 Å². The molecule has 2 bridgehead atoms. The molecule has 3 aliphatic carbocycles. The van der Waals surface area contributed by atoms with E-state index in [9.17, 15) is 23.5 Å². The molecule has 3 aliphatic rings. The Morgan fingerprint density at radius 1 is 0.970 bits per heavy atom. The van der Waals surface area contributed by atoms with E-state index in [1.807, 2.05) is 0 Å². The Labute approximate surface area is 198 Å². The summed E-state index contributed by atoms with van der Waals surface area (Å²) in [5.74, 6) is -2.00. The van der Waals surface area contributed by atoms with Crippen molar-refractivity contribution in [1.29, 1.82) is 0 Å². The molecule has 11 heteroatoms. The summed E-state index contributed by atoms with van der Waals surface area (Å²) >= 11 is 11.2. The van der Waals surface area contributed by atoms with Gasteiger partial charge in [-0.3, -0.25) is 9.59 Å². The van der Waals surface area contributed by atoms with Crippen LogP contribution in [-0.2, 0) is 9.59 Å². The van der Waals surface area contributed by atoms with Crippen LogP contribution in [0.3, 0.4) is 0 Å². The van der Waals surface area contributed by atoms with Crippen LogP contribution in [0.1, 0.15) is 19.3 Å².